The van der Waals surface area contributed by atoms with Gasteiger partial charge in [-0.2, -0.15) is 10.2 Å². The number of hydrogen-bond donors (Lipinski definition) is 10. The number of H-pyrrole nitrogens is 2. The van der Waals surface area contributed by atoms with Crippen LogP contribution >= 0.6 is 0 Å². The Bertz CT molecular complexity index is 4820. The lowest BCUT2D eigenvalue weighted by Gasteiger charge is -2.30. The largest absolute Gasteiger partial charge is 0.508 e. The number of aromatic amines is 2. The summed E-state index contributed by atoms with van der Waals surface area (Å²) < 4.78 is 16.0. The summed E-state index contributed by atoms with van der Waals surface area (Å²) in [5.41, 5.74) is 18.7. The number of aromatic nitrogens is 7. The molecule has 10 aromatic rings. The molecule has 24 nitrogen and oxygen atoms in total. The van der Waals surface area contributed by atoms with Crippen LogP contribution in [-0.2, 0) is 90.3 Å². The number of piperidine rings is 1. The summed E-state index contributed by atoms with van der Waals surface area (Å²) in [5.74, 6) is 3.24. The number of rotatable bonds is 17. The molecule has 17 rings (SSSR count). The van der Waals surface area contributed by atoms with Gasteiger partial charge < -0.3 is 60.6 Å². The number of para-hydroxylation sites is 1. The Morgan fingerprint density at radius 3 is 1.59 bits per heavy atom. The fraction of sp³-hybridized carbons (Fsp3) is 0.425. The van der Waals surface area contributed by atoms with Gasteiger partial charge in [0, 0.05) is 103 Å². The molecule has 111 heavy (non-hydrogen) atoms. The van der Waals surface area contributed by atoms with Crippen LogP contribution in [-0.4, -0.2) is 108 Å². The number of nitrogens with zero attached hydrogens (tertiary/aromatic N) is 6. The fourth-order valence-corrected chi connectivity index (χ4v) is 16.2. The first-order chi connectivity index (χ1) is 54.2. The molecule has 0 radical (unpaired) electrons. The molecule has 2 unspecified atom stereocenters. The predicted octanol–water partition coefficient (Wildman–Crippen LogP) is 12.6. The number of phenolic OH excluding ortho intramolecular Hbond substituents is 1. The van der Waals surface area contributed by atoms with E-state index in [9.17, 15) is 34.2 Å². The Hall–Kier alpha value is -11.0. The van der Waals surface area contributed by atoms with Gasteiger partial charge in [-0.15, -0.1) is 0 Å². The Balaban J connectivity index is 0.000000122. The first-order valence-electron chi connectivity index (χ1n) is 39.7. The topological polar surface area (TPSA) is 337 Å². The van der Waals surface area contributed by atoms with Crippen molar-refractivity contribution in [3.63, 3.8) is 0 Å². The number of aliphatic hydroxyl groups excluding tert-OH is 1. The van der Waals surface area contributed by atoms with Crippen LogP contribution in [0.2, 0.25) is 0 Å². The highest BCUT2D eigenvalue weighted by molar-refractivity contribution is 5.96. The second-order valence-electron chi connectivity index (χ2n) is 30.4. The van der Waals surface area contributed by atoms with Crippen LogP contribution in [0.1, 0.15) is 244 Å². The first kappa shape index (κ1) is 78.2. The Morgan fingerprint density at radius 2 is 1.02 bits per heavy atom. The minimum atomic E-state index is -0.436. The van der Waals surface area contributed by atoms with Crippen molar-refractivity contribution in [3.05, 3.63) is 251 Å². The summed E-state index contributed by atoms with van der Waals surface area (Å²) in [5, 5.41) is 63.5. The van der Waals surface area contributed by atoms with E-state index >= 15 is 0 Å². The Labute approximate surface area is 647 Å². The normalized spacial score (nSPS) is 18.0. The molecule has 0 saturated carbocycles. The predicted molar refractivity (Wildman–Crippen MR) is 421 cm³/mol. The van der Waals surface area contributed by atoms with Gasteiger partial charge in [-0.1, -0.05) is 139 Å². The fourth-order valence-electron chi connectivity index (χ4n) is 16.2. The van der Waals surface area contributed by atoms with Crippen molar-refractivity contribution in [3.8, 4) is 5.75 Å². The van der Waals surface area contributed by atoms with Crippen molar-refractivity contribution in [1.82, 2.24) is 67.8 Å². The lowest BCUT2D eigenvalue weighted by Crippen LogP contribution is -2.40. The van der Waals surface area contributed by atoms with Gasteiger partial charge >= 0.3 is 0 Å². The third kappa shape index (κ3) is 19.4. The van der Waals surface area contributed by atoms with Crippen molar-refractivity contribution >= 4 is 35.2 Å². The van der Waals surface area contributed by atoms with E-state index in [-0.39, 0.29) is 54.0 Å². The molecule has 5 aromatic heterocycles. The third-order valence-electron chi connectivity index (χ3n) is 22.5. The average molecular weight is 1510 g/mol. The zero-order chi connectivity index (χ0) is 77.2. The van der Waals surface area contributed by atoms with Gasteiger partial charge in [0.1, 0.15) is 23.0 Å². The Kier molecular flexibility index (Phi) is 26.5. The summed E-state index contributed by atoms with van der Waals surface area (Å²) in [4.78, 5) is 64.8. The highest BCUT2D eigenvalue weighted by atomic mass is 16.5. The maximum Gasteiger partial charge on any atom is 0.274 e. The molecule has 1 aliphatic heterocycles. The van der Waals surface area contributed by atoms with E-state index in [1.165, 1.54) is 48.1 Å². The quantitative estimate of drug-likeness (QED) is 0.0405. The van der Waals surface area contributed by atoms with Crippen molar-refractivity contribution in [2.24, 2.45) is 11.8 Å². The van der Waals surface area contributed by atoms with E-state index in [0.29, 0.717) is 59.9 Å². The van der Waals surface area contributed by atoms with Gasteiger partial charge in [0.05, 0.1) is 18.7 Å². The van der Waals surface area contributed by atoms with Crippen molar-refractivity contribution in [1.29, 1.82) is 0 Å². The van der Waals surface area contributed by atoms with Gasteiger partial charge in [0.2, 0.25) is 0 Å². The Morgan fingerprint density at radius 1 is 0.514 bits per heavy atom. The number of hydrogen-bond acceptors (Lipinski definition) is 17. The molecular formula is C87H104N14O10. The zero-order valence-corrected chi connectivity index (χ0v) is 64.2. The van der Waals surface area contributed by atoms with Crippen LogP contribution in [0.5, 0.6) is 5.75 Å². The van der Waals surface area contributed by atoms with Crippen LogP contribution in [0.25, 0.3) is 0 Å². The zero-order valence-electron chi connectivity index (χ0n) is 64.2. The highest BCUT2D eigenvalue weighted by Gasteiger charge is 2.36. The van der Waals surface area contributed by atoms with Crippen molar-refractivity contribution < 1.29 is 47.8 Å². The smallest absolute Gasteiger partial charge is 0.274 e. The number of carbonyl (C=O) groups excluding carboxylic acids is 5. The first-order valence-corrected chi connectivity index (χ1v) is 39.7. The summed E-state index contributed by atoms with van der Waals surface area (Å²) >= 11 is 0. The van der Waals surface area contributed by atoms with Crippen molar-refractivity contribution in [2.75, 3.05) is 31.6 Å². The number of aryl methyl sites for hydroxylation is 6. The van der Waals surface area contributed by atoms with Crippen LogP contribution in [0.15, 0.2) is 141 Å². The summed E-state index contributed by atoms with van der Waals surface area (Å²) in [6.45, 7) is 9.97. The van der Waals surface area contributed by atoms with E-state index in [1.54, 1.807) is 18.2 Å². The monoisotopic (exact) mass is 1500 g/mol. The second-order valence-corrected chi connectivity index (χ2v) is 30.4. The molecule has 7 aliphatic rings. The number of aliphatic hydroxyl groups is 1. The van der Waals surface area contributed by atoms with Crippen LogP contribution in [0.3, 0.4) is 0 Å². The number of fused-ring (bicyclic) bond motifs is 6. The molecule has 6 aliphatic carbocycles. The van der Waals surface area contributed by atoms with E-state index in [1.807, 2.05) is 79.8 Å². The minimum Gasteiger partial charge on any atom is -0.508 e. The summed E-state index contributed by atoms with van der Waals surface area (Å²) in [6.07, 6.45) is 22.6. The minimum absolute atomic E-state index is 0.0281. The SMILES string of the molecule is CC1CCc2[nH]nc(C(=O)NCc3cccc(O)c3)c2C1.CN[C@H]1Cc2ccccc2[C@@H]1NC(=O)c1noc2c1CCCC2.Cc1ccccc1CNC(=O)c1n[nH]c2c1CC(C)CC2.O=C(NCc1ccccc1N1CCCCC1)c1noc2c1CCCC2.O=C(N[C@@H](CO)c1ccccc1)c1noc2c1CCCC2. The number of carbonyl (C=O) groups is 5. The van der Waals surface area contributed by atoms with Crippen LogP contribution < -0.4 is 36.8 Å². The van der Waals surface area contributed by atoms with E-state index in [0.717, 1.165) is 207 Å². The molecule has 10 N–H and O–H groups in total. The molecular weight excluding hydrogens is 1400 g/mol. The van der Waals surface area contributed by atoms with E-state index < -0.39 is 6.04 Å². The number of likely N-dealkylation sites (N-methyl/N-ethyl adjacent to an activating group) is 1. The molecule has 5 aromatic carbocycles. The van der Waals surface area contributed by atoms with Gasteiger partial charge in [-0.25, -0.2) is 0 Å². The number of aromatic hydroxyl groups is 1. The number of phenols is 1. The van der Waals surface area contributed by atoms with Gasteiger partial charge in [-0.05, 0) is 205 Å². The molecule has 5 amide bonds. The van der Waals surface area contributed by atoms with Crippen LogP contribution in [0, 0.1) is 18.8 Å². The summed E-state index contributed by atoms with van der Waals surface area (Å²) in [7, 11) is 1.94. The van der Waals surface area contributed by atoms with E-state index in [2.05, 4.69) is 130 Å². The maximum absolute atomic E-state index is 12.7. The average Bonchev–Trinajstić information content (AvgIpc) is 1.28. The molecule has 6 heterocycles. The van der Waals surface area contributed by atoms with Gasteiger partial charge in [0.25, 0.3) is 29.5 Å². The second kappa shape index (κ2) is 37.6. The third-order valence-corrected chi connectivity index (χ3v) is 22.5. The number of nitrogens with one attached hydrogen (secondary N) is 8. The summed E-state index contributed by atoms with van der Waals surface area (Å²) in [6, 6.07) is 40.8. The molecule has 582 valence electrons. The standard InChI is InChI=1S/C20H25N3O2.C18H21N3O2.C17H21N3O.C16H19N3O2.C16H18N2O3/c24-20(19-16-9-3-5-11-18(16)25-22-19)21-14-15-8-2-4-10-17(15)23-12-6-1-7-13-23;1-19-14-10-11-6-2-3-7-12(11)16(14)20-18(22)17-13-8-4-5-9-15(13)23-21-17;1-11-7-8-15-14(9-11)16(20-19-15)17(21)18-10-13-6-4-3-5-12(13)2;1-10-5-6-14-13(7-10)15(19-18-14)16(21)17-9-11-3-2-4-12(20)8-11;19-10-13(11-6-2-1-3-7-11)17-16(20)15-12-8-4-5-9-14(12)21-18-15/h2,4,8,10H,1,3,5-7,9,11-14H2,(H,21,24);2-3,6-7,14,16,19H,4-5,8-10H2,1H3,(H,20,22);3-6,11H,7-10H2,1-2H3,(H,18,21)(H,19,20);2-4,8,10,20H,5-7,9H2,1H3,(H,17,21)(H,18,19);1-3,6-7,13,19H,4-5,8-10H2,(H,17,20)/t;14-,16-;;;13-/m.0..0/s1. The van der Waals surface area contributed by atoms with Gasteiger partial charge in [-0.3, -0.25) is 34.2 Å². The number of benzene rings is 5. The van der Waals surface area contributed by atoms with Gasteiger partial charge in [0.15, 0.2) is 28.5 Å². The maximum atomic E-state index is 12.7. The molecule has 1 fully saturated rings. The lowest BCUT2D eigenvalue weighted by atomic mass is 9.87. The highest BCUT2D eigenvalue weighted by Crippen LogP contribution is 2.35. The molecule has 0 spiro atoms. The van der Waals surface area contributed by atoms with Crippen LogP contribution in [0.4, 0.5) is 5.69 Å². The van der Waals surface area contributed by atoms with E-state index in [4.69, 9.17) is 13.6 Å². The number of anilines is 1. The molecule has 1 saturated heterocycles. The molecule has 5 atom stereocenters. The van der Waals surface area contributed by atoms with Crippen molar-refractivity contribution in [2.45, 2.75) is 200 Å². The lowest BCUT2D eigenvalue weighted by molar-refractivity contribution is 0.0901. The number of amides is 5. The molecule has 24 heteroatoms. The molecule has 0 bridgehead atoms.